The molecule has 5 heteroatoms. The summed E-state index contributed by atoms with van der Waals surface area (Å²) in [6.07, 6.45) is 0.491. The maximum absolute atomic E-state index is 11.4. The van der Waals surface area contributed by atoms with Crippen LogP contribution in [-0.2, 0) is 11.3 Å². The molecule has 1 aromatic heterocycles. The summed E-state index contributed by atoms with van der Waals surface area (Å²) in [5.74, 6) is 0.996. The number of hydrogen-bond donors (Lipinski definition) is 2. The van der Waals surface area contributed by atoms with Crippen molar-refractivity contribution < 1.29 is 4.79 Å². The number of rotatable bonds is 5. The van der Waals surface area contributed by atoms with Gasteiger partial charge >= 0.3 is 0 Å². The molecule has 2 N–H and O–H groups in total. The molecule has 0 unspecified atom stereocenters. The molecular formula is C16H24N4O. The normalized spacial score (nSPS) is 12.9. The Labute approximate surface area is 125 Å². The minimum atomic E-state index is 0.0606. The standard InChI is InChI=1S/C16H24N4O/c1-10-6-7-13-16(12(10)3)19-14(18-13)9-20(5)11(2)8-15(21)17-4/h6-7,11H,8-9H2,1-5H3,(H,17,21)(H,18,19)/t11-/m0/s1. The zero-order valence-corrected chi connectivity index (χ0v) is 13.4. The van der Waals surface area contributed by atoms with Gasteiger partial charge in [-0.25, -0.2) is 4.98 Å². The monoisotopic (exact) mass is 288 g/mol. The zero-order chi connectivity index (χ0) is 15.6. The Morgan fingerprint density at radius 2 is 2.14 bits per heavy atom. The molecule has 0 spiro atoms. The molecule has 2 rings (SSSR count). The van der Waals surface area contributed by atoms with Crippen molar-refractivity contribution in [3.05, 3.63) is 29.1 Å². The number of aromatic amines is 1. The lowest BCUT2D eigenvalue weighted by atomic mass is 10.1. The lowest BCUT2D eigenvalue weighted by Crippen LogP contribution is -2.34. The minimum absolute atomic E-state index is 0.0606. The average Bonchev–Trinajstić information content (AvgIpc) is 2.86. The molecule has 2 aromatic rings. The van der Waals surface area contributed by atoms with Gasteiger partial charge in [0.1, 0.15) is 5.82 Å². The van der Waals surface area contributed by atoms with Crippen LogP contribution in [0.2, 0.25) is 0 Å². The van der Waals surface area contributed by atoms with Gasteiger partial charge in [-0.3, -0.25) is 9.69 Å². The number of aromatic nitrogens is 2. The van der Waals surface area contributed by atoms with Gasteiger partial charge in [0, 0.05) is 19.5 Å². The number of carbonyl (C=O) groups excluding carboxylic acids is 1. The highest BCUT2D eigenvalue weighted by Gasteiger charge is 2.15. The van der Waals surface area contributed by atoms with Crippen molar-refractivity contribution in [2.75, 3.05) is 14.1 Å². The molecule has 0 radical (unpaired) electrons. The molecule has 0 fully saturated rings. The molecule has 0 aliphatic rings. The van der Waals surface area contributed by atoms with Gasteiger partial charge in [0.15, 0.2) is 0 Å². The van der Waals surface area contributed by atoms with Crippen LogP contribution in [0.4, 0.5) is 0 Å². The van der Waals surface area contributed by atoms with Gasteiger partial charge in [0.25, 0.3) is 0 Å². The third-order valence-corrected chi connectivity index (χ3v) is 4.14. The Hall–Kier alpha value is -1.88. The van der Waals surface area contributed by atoms with E-state index in [4.69, 9.17) is 4.98 Å². The van der Waals surface area contributed by atoms with E-state index < -0.39 is 0 Å². The van der Waals surface area contributed by atoms with Gasteiger partial charge in [-0.2, -0.15) is 0 Å². The van der Waals surface area contributed by atoms with Crippen LogP contribution in [0.25, 0.3) is 11.0 Å². The first-order chi connectivity index (χ1) is 9.92. The highest BCUT2D eigenvalue weighted by molar-refractivity contribution is 5.79. The van der Waals surface area contributed by atoms with Crippen molar-refractivity contribution in [2.24, 2.45) is 0 Å². The van der Waals surface area contributed by atoms with Crippen molar-refractivity contribution in [2.45, 2.75) is 39.8 Å². The first-order valence-corrected chi connectivity index (χ1v) is 7.28. The third-order valence-electron chi connectivity index (χ3n) is 4.14. The summed E-state index contributed by atoms with van der Waals surface area (Å²) in [7, 11) is 3.68. The van der Waals surface area contributed by atoms with Crippen molar-refractivity contribution in [1.29, 1.82) is 0 Å². The quantitative estimate of drug-likeness (QED) is 0.886. The molecule has 0 saturated carbocycles. The van der Waals surface area contributed by atoms with Crippen LogP contribution >= 0.6 is 0 Å². The maximum atomic E-state index is 11.4. The Bertz CT molecular complexity index is 647. The van der Waals surface area contributed by atoms with Crippen LogP contribution in [-0.4, -0.2) is 40.9 Å². The minimum Gasteiger partial charge on any atom is -0.359 e. The van der Waals surface area contributed by atoms with E-state index in [1.165, 1.54) is 11.1 Å². The second-order valence-corrected chi connectivity index (χ2v) is 5.73. The summed E-state index contributed by atoms with van der Waals surface area (Å²) in [6, 6.07) is 4.35. The summed E-state index contributed by atoms with van der Waals surface area (Å²) < 4.78 is 0. The van der Waals surface area contributed by atoms with Crippen LogP contribution in [0.3, 0.4) is 0 Å². The molecule has 0 saturated heterocycles. The number of amides is 1. The number of imidazole rings is 1. The highest BCUT2D eigenvalue weighted by Crippen LogP contribution is 2.20. The van der Waals surface area contributed by atoms with Crippen molar-refractivity contribution in [3.8, 4) is 0 Å². The van der Waals surface area contributed by atoms with E-state index >= 15 is 0 Å². The molecule has 114 valence electrons. The Balaban J connectivity index is 2.12. The molecule has 1 amide bonds. The summed E-state index contributed by atoms with van der Waals surface area (Å²) >= 11 is 0. The fourth-order valence-electron chi connectivity index (χ4n) is 2.36. The summed E-state index contributed by atoms with van der Waals surface area (Å²) in [5, 5.41) is 2.66. The first kappa shape index (κ1) is 15.5. The Morgan fingerprint density at radius 3 is 2.81 bits per heavy atom. The molecule has 0 bridgehead atoms. The lowest BCUT2D eigenvalue weighted by molar-refractivity contribution is -0.121. The van der Waals surface area contributed by atoms with Crippen LogP contribution < -0.4 is 5.32 Å². The number of fused-ring (bicyclic) bond motifs is 1. The van der Waals surface area contributed by atoms with E-state index in [1.54, 1.807) is 7.05 Å². The van der Waals surface area contributed by atoms with Gasteiger partial charge in [-0.15, -0.1) is 0 Å². The number of H-pyrrole nitrogens is 1. The van der Waals surface area contributed by atoms with Crippen LogP contribution in [0.15, 0.2) is 12.1 Å². The van der Waals surface area contributed by atoms with Gasteiger partial charge in [0.2, 0.25) is 5.91 Å². The SMILES string of the molecule is CNC(=O)C[C@H](C)N(C)Cc1nc2c(C)c(C)ccc2[nH]1. The smallest absolute Gasteiger partial charge is 0.221 e. The average molecular weight is 288 g/mol. The largest absolute Gasteiger partial charge is 0.359 e. The second kappa shape index (κ2) is 6.26. The Kier molecular flexibility index (Phi) is 4.63. The van der Waals surface area contributed by atoms with Crippen LogP contribution in [0.5, 0.6) is 0 Å². The fourth-order valence-corrected chi connectivity index (χ4v) is 2.36. The van der Waals surface area contributed by atoms with E-state index in [0.29, 0.717) is 13.0 Å². The number of nitrogens with zero attached hydrogens (tertiary/aromatic N) is 2. The molecular weight excluding hydrogens is 264 g/mol. The van der Waals surface area contributed by atoms with Crippen molar-refractivity contribution in [1.82, 2.24) is 20.2 Å². The summed E-state index contributed by atoms with van der Waals surface area (Å²) in [4.78, 5) is 21.6. The number of carbonyl (C=O) groups is 1. The molecule has 0 aliphatic carbocycles. The predicted octanol–water partition coefficient (Wildman–Crippen LogP) is 2.14. The number of hydrogen-bond acceptors (Lipinski definition) is 3. The molecule has 1 aromatic carbocycles. The lowest BCUT2D eigenvalue weighted by Gasteiger charge is -2.22. The molecule has 1 atom stereocenters. The molecule has 21 heavy (non-hydrogen) atoms. The van der Waals surface area contributed by atoms with Gasteiger partial charge < -0.3 is 10.3 Å². The third kappa shape index (κ3) is 3.42. The topological polar surface area (TPSA) is 61.0 Å². The zero-order valence-electron chi connectivity index (χ0n) is 13.4. The molecule has 0 aliphatic heterocycles. The predicted molar refractivity (Wildman–Crippen MR) is 85.2 cm³/mol. The van der Waals surface area contributed by atoms with Crippen LogP contribution in [0, 0.1) is 13.8 Å². The Morgan fingerprint density at radius 1 is 1.43 bits per heavy atom. The van der Waals surface area contributed by atoms with Crippen molar-refractivity contribution >= 4 is 16.9 Å². The number of nitrogens with one attached hydrogen (secondary N) is 2. The number of aryl methyl sites for hydroxylation is 2. The summed E-state index contributed by atoms with van der Waals surface area (Å²) in [6.45, 7) is 6.94. The van der Waals surface area contributed by atoms with E-state index in [0.717, 1.165) is 16.9 Å². The van der Waals surface area contributed by atoms with Gasteiger partial charge in [-0.1, -0.05) is 6.07 Å². The molecule has 1 heterocycles. The van der Waals surface area contributed by atoms with Gasteiger partial charge in [-0.05, 0) is 45.0 Å². The highest BCUT2D eigenvalue weighted by atomic mass is 16.1. The van der Waals surface area contributed by atoms with E-state index in [-0.39, 0.29) is 11.9 Å². The second-order valence-electron chi connectivity index (χ2n) is 5.73. The van der Waals surface area contributed by atoms with E-state index in [1.807, 2.05) is 14.0 Å². The van der Waals surface area contributed by atoms with Crippen LogP contribution in [0.1, 0.15) is 30.3 Å². The summed E-state index contributed by atoms with van der Waals surface area (Å²) in [5.41, 5.74) is 4.58. The van der Waals surface area contributed by atoms with Gasteiger partial charge in [0.05, 0.1) is 17.6 Å². The van der Waals surface area contributed by atoms with E-state index in [9.17, 15) is 4.79 Å². The maximum Gasteiger partial charge on any atom is 0.221 e. The van der Waals surface area contributed by atoms with Crippen molar-refractivity contribution in [3.63, 3.8) is 0 Å². The number of benzene rings is 1. The van der Waals surface area contributed by atoms with E-state index in [2.05, 4.69) is 41.2 Å². The molecule has 5 nitrogen and oxygen atoms in total. The first-order valence-electron chi connectivity index (χ1n) is 7.28. The fraction of sp³-hybridized carbons (Fsp3) is 0.500.